The van der Waals surface area contributed by atoms with Gasteiger partial charge in [0.1, 0.15) is 6.04 Å². The van der Waals surface area contributed by atoms with Crippen molar-refractivity contribution in [3.63, 3.8) is 0 Å². The summed E-state index contributed by atoms with van der Waals surface area (Å²) < 4.78 is 27.7. The number of aromatic nitrogens is 1. The molecule has 2 saturated heterocycles. The minimum absolute atomic E-state index is 0.00578. The number of amides is 1. The SMILES string of the molecule is O=C1CCC(C(=O)N2CCCC(N3CCCS3(=O)=O)C2)n2cccc21. The summed E-state index contributed by atoms with van der Waals surface area (Å²) in [5, 5.41) is 0. The van der Waals surface area contributed by atoms with Crippen molar-refractivity contribution in [2.24, 2.45) is 0 Å². The summed E-state index contributed by atoms with van der Waals surface area (Å²) in [5.41, 5.74) is 0.597. The third-order valence-electron chi connectivity index (χ3n) is 5.58. The fraction of sp³-hybridized carbons (Fsp3) is 0.647. The van der Waals surface area contributed by atoms with Gasteiger partial charge in [-0.05, 0) is 37.8 Å². The van der Waals surface area contributed by atoms with E-state index in [0.29, 0.717) is 44.6 Å². The number of carbonyl (C=O) groups is 2. The van der Waals surface area contributed by atoms with Gasteiger partial charge in [0.15, 0.2) is 5.78 Å². The number of fused-ring (bicyclic) bond motifs is 1. The average Bonchev–Trinajstić information content (AvgIpc) is 3.21. The highest BCUT2D eigenvalue weighted by atomic mass is 32.2. The first-order valence-corrected chi connectivity index (χ1v) is 10.6. The fourth-order valence-electron chi connectivity index (χ4n) is 4.35. The number of sulfonamides is 1. The number of carbonyl (C=O) groups excluding carboxylic acids is 2. The monoisotopic (exact) mass is 365 g/mol. The van der Waals surface area contributed by atoms with Gasteiger partial charge < -0.3 is 9.47 Å². The molecule has 7 nitrogen and oxygen atoms in total. The Morgan fingerprint density at radius 2 is 2.00 bits per heavy atom. The summed E-state index contributed by atoms with van der Waals surface area (Å²) in [4.78, 5) is 26.8. The van der Waals surface area contributed by atoms with Crippen molar-refractivity contribution < 1.29 is 18.0 Å². The summed E-state index contributed by atoms with van der Waals surface area (Å²) in [6.45, 7) is 1.68. The molecule has 0 spiro atoms. The quantitative estimate of drug-likeness (QED) is 0.784. The molecule has 2 atom stereocenters. The summed E-state index contributed by atoms with van der Waals surface area (Å²) in [6, 6.07) is 3.10. The summed E-state index contributed by atoms with van der Waals surface area (Å²) in [5.74, 6) is 0.300. The van der Waals surface area contributed by atoms with Crippen LogP contribution in [0.2, 0.25) is 0 Å². The molecule has 2 fully saturated rings. The Hall–Kier alpha value is -1.67. The van der Waals surface area contributed by atoms with Crippen LogP contribution < -0.4 is 0 Å². The van der Waals surface area contributed by atoms with Crippen LogP contribution in [-0.2, 0) is 14.8 Å². The van der Waals surface area contributed by atoms with Gasteiger partial charge in [-0.1, -0.05) is 0 Å². The Morgan fingerprint density at radius 3 is 2.76 bits per heavy atom. The van der Waals surface area contributed by atoms with Crippen molar-refractivity contribution in [3.8, 4) is 0 Å². The van der Waals surface area contributed by atoms with E-state index in [-0.39, 0.29) is 29.5 Å². The molecule has 0 saturated carbocycles. The van der Waals surface area contributed by atoms with E-state index in [2.05, 4.69) is 0 Å². The Labute approximate surface area is 147 Å². The number of rotatable bonds is 2. The van der Waals surface area contributed by atoms with Crippen LogP contribution in [0.4, 0.5) is 0 Å². The second kappa shape index (κ2) is 6.25. The molecule has 4 heterocycles. The first-order chi connectivity index (χ1) is 12.0. The van der Waals surface area contributed by atoms with Crippen molar-refractivity contribution in [1.29, 1.82) is 0 Å². The lowest BCUT2D eigenvalue weighted by atomic mass is 9.98. The van der Waals surface area contributed by atoms with Crippen molar-refractivity contribution in [2.45, 2.75) is 44.2 Å². The van der Waals surface area contributed by atoms with Crippen LogP contribution in [0.5, 0.6) is 0 Å². The van der Waals surface area contributed by atoms with Gasteiger partial charge in [-0.3, -0.25) is 9.59 Å². The smallest absolute Gasteiger partial charge is 0.245 e. The Bertz CT molecular complexity index is 801. The summed E-state index contributed by atoms with van der Waals surface area (Å²) >= 11 is 0. The molecule has 25 heavy (non-hydrogen) atoms. The number of nitrogens with zero attached hydrogens (tertiary/aromatic N) is 3. The molecule has 136 valence electrons. The molecule has 1 amide bonds. The number of hydrogen-bond donors (Lipinski definition) is 0. The maximum absolute atomic E-state index is 13.1. The molecule has 0 radical (unpaired) electrons. The van der Waals surface area contributed by atoms with Gasteiger partial charge in [-0.25, -0.2) is 8.42 Å². The molecule has 0 N–H and O–H groups in total. The highest BCUT2D eigenvalue weighted by Crippen LogP contribution is 2.30. The highest BCUT2D eigenvalue weighted by Gasteiger charge is 2.39. The lowest BCUT2D eigenvalue weighted by molar-refractivity contribution is -0.137. The van der Waals surface area contributed by atoms with Gasteiger partial charge in [-0.2, -0.15) is 4.31 Å². The maximum atomic E-state index is 13.1. The minimum atomic E-state index is -3.16. The normalized spacial score (nSPS) is 29.6. The third-order valence-corrected chi connectivity index (χ3v) is 7.58. The zero-order valence-corrected chi connectivity index (χ0v) is 15.0. The van der Waals surface area contributed by atoms with Crippen LogP contribution in [0.25, 0.3) is 0 Å². The van der Waals surface area contributed by atoms with Gasteiger partial charge in [0.25, 0.3) is 0 Å². The van der Waals surface area contributed by atoms with Crippen LogP contribution in [-0.4, -0.2) is 65.3 Å². The second-order valence-corrected chi connectivity index (χ2v) is 9.18. The lowest BCUT2D eigenvalue weighted by Crippen LogP contribution is -2.52. The molecule has 1 aromatic rings. The van der Waals surface area contributed by atoms with E-state index < -0.39 is 10.0 Å². The van der Waals surface area contributed by atoms with E-state index in [1.165, 1.54) is 0 Å². The van der Waals surface area contributed by atoms with Crippen molar-refractivity contribution in [2.75, 3.05) is 25.4 Å². The molecule has 3 aliphatic heterocycles. The number of hydrogen-bond acceptors (Lipinski definition) is 4. The number of likely N-dealkylation sites (tertiary alicyclic amines) is 1. The van der Waals surface area contributed by atoms with E-state index in [0.717, 1.165) is 12.8 Å². The zero-order chi connectivity index (χ0) is 17.6. The second-order valence-electron chi connectivity index (χ2n) is 7.14. The number of Topliss-reactive ketones (excluding diaryl/α,β-unsaturated/α-hetero) is 1. The maximum Gasteiger partial charge on any atom is 0.245 e. The van der Waals surface area contributed by atoms with Crippen molar-refractivity contribution in [1.82, 2.24) is 13.8 Å². The van der Waals surface area contributed by atoms with E-state index in [9.17, 15) is 18.0 Å². The van der Waals surface area contributed by atoms with Crippen LogP contribution in [0, 0.1) is 0 Å². The summed E-state index contributed by atoms with van der Waals surface area (Å²) in [6.07, 6.45) is 4.99. The zero-order valence-electron chi connectivity index (χ0n) is 14.1. The molecule has 0 aliphatic carbocycles. The van der Waals surface area contributed by atoms with Gasteiger partial charge in [0.2, 0.25) is 15.9 Å². The van der Waals surface area contributed by atoms with E-state index in [1.54, 1.807) is 32.1 Å². The standard InChI is InChI=1S/C17H23N3O4S/c21-16-7-6-15(19-9-2-5-14(16)19)17(22)18-8-1-4-13(12-18)20-10-3-11-25(20,23)24/h2,5,9,13,15H,1,3-4,6-8,10-12H2. The van der Waals surface area contributed by atoms with Crippen molar-refractivity contribution in [3.05, 3.63) is 24.0 Å². The Morgan fingerprint density at radius 1 is 1.16 bits per heavy atom. The summed E-state index contributed by atoms with van der Waals surface area (Å²) in [7, 11) is -3.16. The predicted molar refractivity (Wildman–Crippen MR) is 91.7 cm³/mol. The molecule has 0 aromatic carbocycles. The highest BCUT2D eigenvalue weighted by molar-refractivity contribution is 7.89. The van der Waals surface area contributed by atoms with Crippen LogP contribution in [0.15, 0.2) is 18.3 Å². The van der Waals surface area contributed by atoms with Crippen LogP contribution >= 0.6 is 0 Å². The lowest BCUT2D eigenvalue weighted by Gasteiger charge is -2.39. The third kappa shape index (κ3) is 2.91. The molecule has 0 bridgehead atoms. The van der Waals surface area contributed by atoms with Gasteiger partial charge in [0.05, 0.1) is 11.4 Å². The van der Waals surface area contributed by atoms with E-state index in [4.69, 9.17) is 0 Å². The molecular weight excluding hydrogens is 342 g/mol. The number of piperidine rings is 1. The topological polar surface area (TPSA) is 79.7 Å². The average molecular weight is 365 g/mol. The largest absolute Gasteiger partial charge is 0.339 e. The van der Waals surface area contributed by atoms with Gasteiger partial charge in [-0.15, -0.1) is 0 Å². The molecule has 4 rings (SSSR count). The molecule has 3 aliphatic rings. The molecular formula is C17H23N3O4S. The van der Waals surface area contributed by atoms with E-state index >= 15 is 0 Å². The Kier molecular flexibility index (Phi) is 4.19. The molecule has 8 heteroatoms. The van der Waals surface area contributed by atoms with Crippen molar-refractivity contribution >= 4 is 21.7 Å². The molecule has 2 unspecified atom stereocenters. The number of ketones is 1. The molecule has 1 aromatic heterocycles. The first kappa shape index (κ1) is 16.8. The fourth-order valence-corrected chi connectivity index (χ4v) is 6.11. The Balaban J connectivity index is 1.52. The van der Waals surface area contributed by atoms with Crippen LogP contribution in [0.1, 0.15) is 48.6 Å². The predicted octanol–water partition coefficient (Wildman–Crippen LogP) is 1.03. The minimum Gasteiger partial charge on any atom is -0.339 e. The van der Waals surface area contributed by atoms with Gasteiger partial charge in [0, 0.05) is 38.3 Å². The van der Waals surface area contributed by atoms with E-state index in [1.807, 2.05) is 0 Å². The first-order valence-electron chi connectivity index (χ1n) is 8.96. The van der Waals surface area contributed by atoms with Crippen LogP contribution in [0.3, 0.4) is 0 Å². The van der Waals surface area contributed by atoms with Gasteiger partial charge >= 0.3 is 0 Å².